The van der Waals surface area contributed by atoms with Gasteiger partial charge in [0, 0.05) is 23.9 Å². The molecule has 0 saturated carbocycles. The van der Waals surface area contributed by atoms with Crippen molar-refractivity contribution in [3.05, 3.63) is 79.8 Å². The predicted molar refractivity (Wildman–Crippen MR) is 96.7 cm³/mol. The van der Waals surface area contributed by atoms with E-state index in [1.807, 2.05) is 30.3 Å². The van der Waals surface area contributed by atoms with Gasteiger partial charge in [-0.15, -0.1) is 0 Å². The van der Waals surface area contributed by atoms with Gasteiger partial charge in [-0.05, 0) is 18.9 Å². The van der Waals surface area contributed by atoms with Crippen LogP contribution in [0.1, 0.15) is 23.1 Å². The number of H-pyrrole nitrogens is 1. The summed E-state index contributed by atoms with van der Waals surface area (Å²) in [7, 11) is 0. The van der Waals surface area contributed by atoms with Crippen molar-refractivity contribution >= 4 is 17.9 Å². The number of pyridine rings is 1. The number of nitrogens with zero attached hydrogens (tertiary/aromatic N) is 1. The molecule has 2 rings (SSSR count). The molecule has 0 unspecified atom stereocenters. The summed E-state index contributed by atoms with van der Waals surface area (Å²) in [4.78, 5) is 35.6. The second-order valence-corrected chi connectivity index (χ2v) is 5.48. The Morgan fingerprint density at radius 1 is 1.35 bits per heavy atom. The molecule has 1 aromatic carbocycles. The molecule has 0 spiro atoms. The van der Waals surface area contributed by atoms with Crippen molar-refractivity contribution in [2.45, 2.75) is 20.0 Å². The van der Waals surface area contributed by atoms with Crippen molar-refractivity contribution in [3.8, 4) is 0 Å². The quantitative estimate of drug-likeness (QED) is 0.449. The summed E-state index contributed by atoms with van der Waals surface area (Å²) < 4.78 is 5.08. The number of carbonyl (C=O) groups is 1. The molecule has 136 valence electrons. The molecule has 0 atom stereocenters. The Morgan fingerprint density at radius 2 is 2.08 bits per heavy atom. The van der Waals surface area contributed by atoms with Gasteiger partial charge in [-0.2, -0.15) is 0 Å². The summed E-state index contributed by atoms with van der Waals surface area (Å²) in [6.07, 6.45) is 4.82. The Balaban J connectivity index is 1.79. The van der Waals surface area contributed by atoms with Gasteiger partial charge in [-0.3, -0.25) is 14.9 Å². The number of ether oxygens (including phenoxy) is 1. The lowest BCUT2D eigenvalue weighted by atomic mass is 10.1. The van der Waals surface area contributed by atoms with Gasteiger partial charge in [-0.1, -0.05) is 42.5 Å². The molecule has 0 bridgehead atoms. The average Bonchev–Trinajstić information content (AvgIpc) is 2.62. The molecule has 0 saturated heterocycles. The smallest absolute Gasteiger partial charge is 0.407 e. The van der Waals surface area contributed by atoms with E-state index in [1.54, 1.807) is 12.2 Å². The lowest BCUT2D eigenvalue weighted by Gasteiger charge is -2.06. The number of hydrogen-bond acceptors (Lipinski definition) is 5. The molecule has 0 radical (unpaired) electrons. The van der Waals surface area contributed by atoms with E-state index in [4.69, 9.17) is 4.74 Å². The standard InChI is InChI=1S/C18H19N3O5/c1-13-15(11-20-17(22)16(13)21(24)25)9-5-6-10-19-18(23)26-12-14-7-3-2-4-8-14/h2-5,7-9,11H,6,10,12H2,1H3,(H,19,23)(H,20,22). The molecule has 0 aliphatic heterocycles. The van der Waals surface area contributed by atoms with Crippen LogP contribution in [0.4, 0.5) is 10.5 Å². The van der Waals surface area contributed by atoms with Gasteiger partial charge in [0.2, 0.25) is 0 Å². The van der Waals surface area contributed by atoms with Crippen LogP contribution in [-0.4, -0.2) is 22.5 Å². The molecule has 1 heterocycles. The molecule has 1 aromatic heterocycles. The Kier molecular flexibility index (Phi) is 6.67. The molecule has 0 fully saturated rings. The molecule has 8 heteroatoms. The van der Waals surface area contributed by atoms with Gasteiger partial charge in [0.15, 0.2) is 0 Å². The largest absolute Gasteiger partial charge is 0.445 e. The minimum absolute atomic E-state index is 0.197. The maximum absolute atomic E-state index is 11.6. The number of amides is 1. The first-order valence-corrected chi connectivity index (χ1v) is 7.97. The third kappa shape index (κ3) is 5.30. The van der Waals surface area contributed by atoms with Gasteiger partial charge in [0.1, 0.15) is 6.61 Å². The van der Waals surface area contributed by atoms with Gasteiger partial charge >= 0.3 is 17.3 Å². The number of hydrogen-bond donors (Lipinski definition) is 2. The van der Waals surface area contributed by atoms with Crippen LogP contribution in [0.25, 0.3) is 6.08 Å². The van der Waals surface area contributed by atoms with Crippen molar-refractivity contribution in [1.29, 1.82) is 0 Å². The van der Waals surface area contributed by atoms with E-state index in [0.717, 1.165) is 5.56 Å². The lowest BCUT2D eigenvalue weighted by molar-refractivity contribution is -0.386. The van der Waals surface area contributed by atoms with E-state index < -0.39 is 22.3 Å². The molecular formula is C18H19N3O5. The zero-order valence-corrected chi connectivity index (χ0v) is 14.2. The summed E-state index contributed by atoms with van der Waals surface area (Å²) in [5.74, 6) is 0. The second-order valence-electron chi connectivity index (χ2n) is 5.48. The Hall–Kier alpha value is -3.42. The maximum atomic E-state index is 11.6. The fraction of sp³-hybridized carbons (Fsp3) is 0.222. The lowest BCUT2D eigenvalue weighted by Crippen LogP contribution is -2.24. The molecule has 0 aliphatic rings. The minimum atomic E-state index is -0.729. The van der Waals surface area contributed by atoms with Crippen molar-refractivity contribution < 1.29 is 14.5 Å². The topological polar surface area (TPSA) is 114 Å². The number of aromatic nitrogens is 1. The van der Waals surface area contributed by atoms with Crippen molar-refractivity contribution in [3.63, 3.8) is 0 Å². The van der Waals surface area contributed by atoms with Crippen LogP contribution in [0.3, 0.4) is 0 Å². The van der Waals surface area contributed by atoms with Crippen LogP contribution in [0.15, 0.2) is 47.4 Å². The Bertz CT molecular complexity index is 859. The number of aromatic amines is 1. The van der Waals surface area contributed by atoms with Crippen LogP contribution in [0.5, 0.6) is 0 Å². The number of carbonyl (C=O) groups excluding carboxylic acids is 1. The number of benzene rings is 1. The van der Waals surface area contributed by atoms with Crippen molar-refractivity contribution in [2.75, 3.05) is 6.54 Å². The average molecular weight is 357 g/mol. The van der Waals surface area contributed by atoms with Gasteiger partial charge < -0.3 is 15.0 Å². The molecule has 2 aromatic rings. The van der Waals surface area contributed by atoms with Gasteiger partial charge in [-0.25, -0.2) is 4.79 Å². The molecule has 2 N–H and O–H groups in total. The molecular weight excluding hydrogens is 338 g/mol. The van der Waals surface area contributed by atoms with E-state index >= 15 is 0 Å². The summed E-state index contributed by atoms with van der Waals surface area (Å²) in [5, 5.41) is 13.5. The molecule has 0 aliphatic carbocycles. The fourth-order valence-electron chi connectivity index (χ4n) is 2.26. The first-order valence-electron chi connectivity index (χ1n) is 7.97. The molecule has 1 amide bonds. The highest BCUT2D eigenvalue weighted by atomic mass is 16.6. The summed E-state index contributed by atoms with van der Waals surface area (Å²) >= 11 is 0. The monoisotopic (exact) mass is 357 g/mol. The first-order chi connectivity index (χ1) is 12.5. The van der Waals surface area contributed by atoms with Crippen LogP contribution in [0.2, 0.25) is 0 Å². The summed E-state index contributed by atoms with van der Waals surface area (Å²) in [6, 6.07) is 9.34. The van der Waals surface area contributed by atoms with E-state index in [1.165, 1.54) is 13.1 Å². The predicted octanol–water partition coefficient (Wildman–Crippen LogP) is 2.92. The number of nitrogens with one attached hydrogen (secondary N) is 2. The fourth-order valence-corrected chi connectivity index (χ4v) is 2.26. The van der Waals surface area contributed by atoms with Crippen LogP contribution >= 0.6 is 0 Å². The minimum Gasteiger partial charge on any atom is -0.445 e. The highest BCUT2D eigenvalue weighted by Crippen LogP contribution is 2.16. The number of rotatable bonds is 7. The third-order valence-electron chi connectivity index (χ3n) is 3.64. The Labute approximate surface area is 149 Å². The summed E-state index contributed by atoms with van der Waals surface area (Å²) in [6.45, 7) is 2.07. The van der Waals surface area contributed by atoms with E-state index in [2.05, 4.69) is 10.3 Å². The normalized spacial score (nSPS) is 10.7. The van der Waals surface area contributed by atoms with Gasteiger partial charge in [0.25, 0.3) is 0 Å². The van der Waals surface area contributed by atoms with Crippen molar-refractivity contribution in [1.82, 2.24) is 10.3 Å². The zero-order valence-electron chi connectivity index (χ0n) is 14.2. The highest BCUT2D eigenvalue weighted by Gasteiger charge is 2.17. The number of nitro groups is 1. The summed E-state index contributed by atoms with van der Waals surface area (Å²) in [5.41, 5.74) is 0.549. The van der Waals surface area contributed by atoms with E-state index in [9.17, 15) is 19.7 Å². The first kappa shape index (κ1) is 18.9. The van der Waals surface area contributed by atoms with E-state index in [0.29, 0.717) is 24.1 Å². The second kappa shape index (κ2) is 9.16. The molecule has 8 nitrogen and oxygen atoms in total. The van der Waals surface area contributed by atoms with Gasteiger partial charge in [0.05, 0.1) is 4.92 Å². The van der Waals surface area contributed by atoms with Crippen LogP contribution < -0.4 is 10.9 Å². The number of alkyl carbamates (subject to hydrolysis) is 1. The SMILES string of the molecule is Cc1c(C=CCCNC(=O)OCc2ccccc2)c[nH]c(=O)c1[N+](=O)[O-]. The van der Waals surface area contributed by atoms with Crippen LogP contribution in [0, 0.1) is 17.0 Å². The van der Waals surface area contributed by atoms with E-state index in [-0.39, 0.29) is 6.61 Å². The zero-order chi connectivity index (χ0) is 18.9. The third-order valence-corrected chi connectivity index (χ3v) is 3.64. The van der Waals surface area contributed by atoms with Crippen LogP contribution in [-0.2, 0) is 11.3 Å². The highest BCUT2D eigenvalue weighted by molar-refractivity contribution is 5.67. The van der Waals surface area contributed by atoms with Crippen molar-refractivity contribution in [2.24, 2.45) is 0 Å². The maximum Gasteiger partial charge on any atom is 0.407 e. The Morgan fingerprint density at radius 3 is 2.77 bits per heavy atom. The molecule has 26 heavy (non-hydrogen) atoms.